The van der Waals surface area contributed by atoms with Crippen LogP contribution in [0.2, 0.25) is 10.3 Å². The molecule has 0 spiro atoms. The number of rotatable bonds is 2. The lowest BCUT2D eigenvalue weighted by atomic mass is 10.0. The van der Waals surface area contributed by atoms with Crippen LogP contribution in [0.15, 0.2) is 6.07 Å². The lowest BCUT2D eigenvalue weighted by Gasteiger charge is -2.14. The normalized spacial score (nSPS) is 13.4. The predicted octanol–water partition coefficient (Wildman–Crippen LogP) is 2.47. The van der Waals surface area contributed by atoms with E-state index in [2.05, 4.69) is 10.2 Å². The van der Waals surface area contributed by atoms with E-state index in [1.54, 1.807) is 0 Å². The molecule has 72 valence electrons. The summed E-state index contributed by atoms with van der Waals surface area (Å²) in [5, 5.41) is 17.3. The fourth-order valence-electron chi connectivity index (χ4n) is 0.933. The van der Waals surface area contributed by atoms with Gasteiger partial charge < -0.3 is 5.11 Å². The van der Waals surface area contributed by atoms with E-state index in [0.717, 1.165) is 0 Å². The van der Waals surface area contributed by atoms with Crippen LogP contribution in [0.25, 0.3) is 0 Å². The zero-order valence-corrected chi connectivity index (χ0v) is 8.84. The molecule has 13 heavy (non-hydrogen) atoms. The number of halogens is 2. The Labute approximate surface area is 86.7 Å². The molecule has 0 amide bonds. The Bertz CT molecular complexity index is 304. The minimum atomic E-state index is -0.652. The van der Waals surface area contributed by atoms with Crippen LogP contribution in [-0.2, 0) is 0 Å². The summed E-state index contributed by atoms with van der Waals surface area (Å²) in [6, 6.07) is 1.53. The Morgan fingerprint density at radius 3 is 2.46 bits per heavy atom. The molecule has 0 saturated carbocycles. The summed E-state index contributed by atoms with van der Waals surface area (Å²) in [5.41, 5.74) is 0.525. The minimum absolute atomic E-state index is 0.0674. The lowest BCUT2D eigenvalue weighted by Crippen LogP contribution is -2.07. The van der Waals surface area contributed by atoms with E-state index < -0.39 is 6.10 Å². The van der Waals surface area contributed by atoms with Crippen molar-refractivity contribution in [3.8, 4) is 0 Å². The standard InChI is InChI=1S/C8H10Cl2N2O/c1-4(2)7(13)5-3-6(9)11-12-8(5)10/h3-4,7,13H,1-2H3/t7-/m0/s1. The predicted molar refractivity (Wildman–Crippen MR) is 51.8 cm³/mol. The molecule has 1 aromatic heterocycles. The third-order valence-electron chi connectivity index (χ3n) is 1.70. The SMILES string of the molecule is CC(C)[C@H](O)c1cc(Cl)nnc1Cl. The van der Waals surface area contributed by atoms with Crippen molar-refractivity contribution in [1.82, 2.24) is 10.2 Å². The summed E-state index contributed by atoms with van der Waals surface area (Å²) in [6.07, 6.45) is -0.652. The van der Waals surface area contributed by atoms with Gasteiger partial charge in [-0.25, -0.2) is 0 Å². The largest absolute Gasteiger partial charge is 0.388 e. The molecule has 1 N–H and O–H groups in total. The van der Waals surface area contributed by atoms with E-state index >= 15 is 0 Å². The molecule has 1 rings (SSSR count). The third kappa shape index (κ3) is 2.53. The molecule has 1 atom stereocenters. The first-order valence-electron chi connectivity index (χ1n) is 3.89. The van der Waals surface area contributed by atoms with Gasteiger partial charge in [-0.05, 0) is 12.0 Å². The average Bonchev–Trinajstić information content (AvgIpc) is 2.08. The van der Waals surface area contributed by atoms with Gasteiger partial charge in [0.15, 0.2) is 10.3 Å². The zero-order chi connectivity index (χ0) is 10.0. The van der Waals surface area contributed by atoms with E-state index in [1.807, 2.05) is 13.8 Å². The van der Waals surface area contributed by atoms with Crippen LogP contribution in [0.3, 0.4) is 0 Å². The van der Waals surface area contributed by atoms with Crippen molar-refractivity contribution >= 4 is 23.2 Å². The maximum absolute atomic E-state index is 9.69. The van der Waals surface area contributed by atoms with Crippen molar-refractivity contribution < 1.29 is 5.11 Å². The molecule has 0 saturated heterocycles. The number of aliphatic hydroxyl groups is 1. The van der Waals surface area contributed by atoms with Gasteiger partial charge in [-0.1, -0.05) is 37.0 Å². The number of aliphatic hydroxyl groups excluding tert-OH is 1. The van der Waals surface area contributed by atoms with Gasteiger partial charge in [0.05, 0.1) is 6.10 Å². The molecule has 0 unspecified atom stereocenters. The average molecular weight is 221 g/mol. The fourth-order valence-corrected chi connectivity index (χ4v) is 1.29. The van der Waals surface area contributed by atoms with Crippen molar-refractivity contribution in [2.45, 2.75) is 20.0 Å². The van der Waals surface area contributed by atoms with Gasteiger partial charge in [0.2, 0.25) is 0 Å². The highest BCUT2D eigenvalue weighted by atomic mass is 35.5. The molecule has 3 nitrogen and oxygen atoms in total. The van der Waals surface area contributed by atoms with E-state index in [-0.39, 0.29) is 16.2 Å². The minimum Gasteiger partial charge on any atom is -0.388 e. The van der Waals surface area contributed by atoms with Gasteiger partial charge in [0.25, 0.3) is 0 Å². The monoisotopic (exact) mass is 220 g/mol. The molecule has 1 heterocycles. The first-order chi connectivity index (χ1) is 6.02. The van der Waals surface area contributed by atoms with Gasteiger partial charge in [-0.3, -0.25) is 0 Å². The molecule has 0 fully saturated rings. The quantitative estimate of drug-likeness (QED) is 0.834. The van der Waals surface area contributed by atoms with Crippen LogP contribution in [0.4, 0.5) is 0 Å². The highest BCUT2D eigenvalue weighted by Crippen LogP contribution is 2.27. The van der Waals surface area contributed by atoms with Crippen molar-refractivity contribution in [3.63, 3.8) is 0 Å². The summed E-state index contributed by atoms with van der Waals surface area (Å²) in [4.78, 5) is 0. The molecule has 1 aromatic rings. The van der Waals surface area contributed by atoms with E-state index in [1.165, 1.54) is 6.07 Å². The molecule has 0 aliphatic heterocycles. The Morgan fingerprint density at radius 2 is 1.92 bits per heavy atom. The van der Waals surface area contributed by atoms with Gasteiger partial charge in [-0.15, -0.1) is 10.2 Å². The first kappa shape index (κ1) is 10.7. The second kappa shape index (κ2) is 4.22. The molecule has 0 bridgehead atoms. The van der Waals surface area contributed by atoms with Crippen LogP contribution >= 0.6 is 23.2 Å². The summed E-state index contributed by atoms with van der Waals surface area (Å²) < 4.78 is 0. The summed E-state index contributed by atoms with van der Waals surface area (Å²) in [5.74, 6) is 0.0674. The maximum Gasteiger partial charge on any atom is 0.157 e. The smallest absolute Gasteiger partial charge is 0.157 e. The molecule has 0 aliphatic carbocycles. The molecule has 0 radical (unpaired) electrons. The van der Waals surface area contributed by atoms with Crippen LogP contribution in [0, 0.1) is 5.92 Å². The van der Waals surface area contributed by atoms with Crippen molar-refractivity contribution in [1.29, 1.82) is 0 Å². The van der Waals surface area contributed by atoms with Crippen LogP contribution in [-0.4, -0.2) is 15.3 Å². The summed E-state index contributed by atoms with van der Waals surface area (Å²) >= 11 is 11.4. The Kier molecular flexibility index (Phi) is 3.47. The number of nitrogens with zero attached hydrogens (tertiary/aromatic N) is 2. The maximum atomic E-state index is 9.69. The van der Waals surface area contributed by atoms with E-state index in [4.69, 9.17) is 23.2 Å². The molecule has 0 aliphatic rings. The fraction of sp³-hybridized carbons (Fsp3) is 0.500. The van der Waals surface area contributed by atoms with Crippen molar-refractivity contribution in [3.05, 3.63) is 21.9 Å². The van der Waals surface area contributed by atoms with Crippen molar-refractivity contribution in [2.75, 3.05) is 0 Å². The summed E-state index contributed by atoms with van der Waals surface area (Å²) in [7, 11) is 0. The summed E-state index contributed by atoms with van der Waals surface area (Å²) in [6.45, 7) is 3.77. The highest BCUT2D eigenvalue weighted by molar-refractivity contribution is 6.31. The third-order valence-corrected chi connectivity index (χ3v) is 2.17. The van der Waals surface area contributed by atoms with Crippen LogP contribution < -0.4 is 0 Å². The van der Waals surface area contributed by atoms with E-state index in [0.29, 0.717) is 5.56 Å². The second-order valence-electron chi connectivity index (χ2n) is 3.10. The van der Waals surface area contributed by atoms with Crippen molar-refractivity contribution in [2.24, 2.45) is 5.92 Å². The van der Waals surface area contributed by atoms with Gasteiger partial charge in [0, 0.05) is 5.56 Å². The highest BCUT2D eigenvalue weighted by Gasteiger charge is 2.17. The topological polar surface area (TPSA) is 46.0 Å². The number of aromatic nitrogens is 2. The van der Waals surface area contributed by atoms with Gasteiger partial charge in [0.1, 0.15) is 0 Å². The molecular formula is C8H10Cl2N2O. The second-order valence-corrected chi connectivity index (χ2v) is 3.85. The Hall–Kier alpha value is -0.380. The molecular weight excluding hydrogens is 211 g/mol. The van der Waals surface area contributed by atoms with Crippen LogP contribution in [0.5, 0.6) is 0 Å². The van der Waals surface area contributed by atoms with Crippen LogP contribution in [0.1, 0.15) is 25.5 Å². The zero-order valence-electron chi connectivity index (χ0n) is 7.33. The lowest BCUT2D eigenvalue weighted by molar-refractivity contribution is 0.126. The van der Waals surface area contributed by atoms with Gasteiger partial charge >= 0.3 is 0 Å². The number of hydrogen-bond donors (Lipinski definition) is 1. The molecule has 5 heteroatoms. The van der Waals surface area contributed by atoms with E-state index in [9.17, 15) is 5.11 Å². The Morgan fingerprint density at radius 1 is 1.31 bits per heavy atom. The van der Waals surface area contributed by atoms with Gasteiger partial charge in [-0.2, -0.15) is 0 Å². The molecule has 0 aromatic carbocycles. The Balaban J connectivity index is 3.05. The number of hydrogen-bond acceptors (Lipinski definition) is 3. The first-order valence-corrected chi connectivity index (χ1v) is 4.64.